The normalized spacial score (nSPS) is 11.9. The van der Waals surface area contributed by atoms with Gasteiger partial charge in [-0.25, -0.2) is 0 Å². The monoisotopic (exact) mass is 298 g/mol. The summed E-state index contributed by atoms with van der Waals surface area (Å²) >= 11 is 5.70. The van der Waals surface area contributed by atoms with Gasteiger partial charge in [-0.2, -0.15) is 0 Å². The van der Waals surface area contributed by atoms with E-state index in [0.717, 1.165) is 12.8 Å². The van der Waals surface area contributed by atoms with Crippen molar-refractivity contribution in [2.24, 2.45) is 5.92 Å². The molecule has 0 bridgehead atoms. The Hall–Kier alpha value is -1.62. The summed E-state index contributed by atoms with van der Waals surface area (Å²) in [6, 6.07) is 4.61. The van der Waals surface area contributed by atoms with Gasteiger partial charge in [0.25, 0.3) is 11.6 Å². The maximum Gasteiger partial charge on any atom is 0.282 e. The van der Waals surface area contributed by atoms with Crippen molar-refractivity contribution in [3.8, 4) is 0 Å². The number of alkyl halides is 1. The van der Waals surface area contributed by atoms with Crippen molar-refractivity contribution >= 4 is 23.2 Å². The van der Waals surface area contributed by atoms with E-state index in [2.05, 4.69) is 5.32 Å². The lowest BCUT2D eigenvalue weighted by Crippen LogP contribution is -2.26. The zero-order chi connectivity index (χ0) is 15.1. The van der Waals surface area contributed by atoms with E-state index in [-0.39, 0.29) is 11.3 Å². The number of nitrogens with one attached hydrogen (secondary N) is 1. The zero-order valence-corrected chi connectivity index (χ0v) is 12.4. The zero-order valence-electron chi connectivity index (χ0n) is 11.7. The van der Waals surface area contributed by atoms with Crippen molar-refractivity contribution in [2.45, 2.75) is 26.7 Å². The number of nitrogens with zero attached hydrogens (tertiary/aromatic N) is 1. The van der Waals surface area contributed by atoms with Crippen LogP contribution in [0.1, 0.15) is 35.7 Å². The van der Waals surface area contributed by atoms with Gasteiger partial charge in [0.15, 0.2) is 0 Å². The Morgan fingerprint density at radius 1 is 1.50 bits per heavy atom. The third-order valence-corrected chi connectivity index (χ3v) is 3.62. The molecule has 0 saturated carbocycles. The van der Waals surface area contributed by atoms with Crippen LogP contribution in [0.15, 0.2) is 18.2 Å². The summed E-state index contributed by atoms with van der Waals surface area (Å²) in [7, 11) is 0. The number of aryl methyl sites for hydroxylation is 1. The molecule has 0 aliphatic rings. The van der Waals surface area contributed by atoms with Crippen LogP contribution >= 0.6 is 11.6 Å². The molecule has 1 N–H and O–H groups in total. The maximum atomic E-state index is 12.1. The summed E-state index contributed by atoms with van der Waals surface area (Å²) in [5.74, 6) is 0.603. The molecule has 110 valence electrons. The van der Waals surface area contributed by atoms with Crippen molar-refractivity contribution in [1.29, 1.82) is 0 Å². The molecule has 1 aromatic rings. The summed E-state index contributed by atoms with van der Waals surface area (Å²) in [4.78, 5) is 22.5. The third-order valence-electron chi connectivity index (χ3n) is 3.10. The first-order valence-corrected chi connectivity index (χ1v) is 7.09. The first-order valence-electron chi connectivity index (χ1n) is 6.55. The summed E-state index contributed by atoms with van der Waals surface area (Å²) in [6.45, 7) is 4.23. The number of benzene rings is 1. The highest BCUT2D eigenvalue weighted by atomic mass is 35.5. The molecule has 0 spiro atoms. The summed E-state index contributed by atoms with van der Waals surface area (Å²) in [5, 5.41) is 13.7. The number of amides is 1. The molecular formula is C14H19ClN2O3. The van der Waals surface area contributed by atoms with E-state index in [1.54, 1.807) is 19.1 Å². The Bertz CT molecular complexity index is 491. The Kier molecular flexibility index (Phi) is 6.45. The SMILES string of the molecule is Cc1cccc([N+](=O)[O-])c1C(=O)NCCCC(C)CCl. The smallest absolute Gasteiger partial charge is 0.282 e. The molecule has 0 radical (unpaired) electrons. The first kappa shape index (κ1) is 16.4. The largest absolute Gasteiger partial charge is 0.352 e. The minimum atomic E-state index is -0.530. The minimum absolute atomic E-state index is 0.142. The number of nitro benzene ring substituents is 1. The van der Waals surface area contributed by atoms with E-state index in [0.29, 0.717) is 23.9 Å². The lowest BCUT2D eigenvalue weighted by atomic mass is 10.1. The minimum Gasteiger partial charge on any atom is -0.352 e. The van der Waals surface area contributed by atoms with Crippen LogP contribution in [0, 0.1) is 23.0 Å². The van der Waals surface area contributed by atoms with Gasteiger partial charge in [-0.3, -0.25) is 14.9 Å². The molecule has 20 heavy (non-hydrogen) atoms. The molecule has 0 aliphatic carbocycles. The van der Waals surface area contributed by atoms with E-state index < -0.39 is 10.8 Å². The standard InChI is InChI=1S/C14H19ClN2O3/c1-10(9-15)5-4-8-16-14(18)13-11(2)6-3-7-12(13)17(19)20/h3,6-7,10H,4-5,8-9H2,1-2H3,(H,16,18). The molecule has 5 nitrogen and oxygen atoms in total. The Morgan fingerprint density at radius 3 is 2.80 bits per heavy atom. The van der Waals surface area contributed by atoms with Crippen molar-refractivity contribution in [3.63, 3.8) is 0 Å². The van der Waals surface area contributed by atoms with Crippen LogP contribution in [0.25, 0.3) is 0 Å². The first-order chi connectivity index (χ1) is 9.47. The fraction of sp³-hybridized carbons (Fsp3) is 0.500. The van der Waals surface area contributed by atoms with Gasteiger partial charge in [0.2, 0.25) is 0 Å². The molecule has 0 heterocycles. The van der Waals surface area contributed by atoms with Crippen LogP contribution in [0.4, 0.5) is 5.69 Å². The lowest BCUT2D eigenvalue weighted by molar-refractivity contribution is -0.385. The molecule has 1 unspecified atom stereocenters. The van der Waals surface area contributed by atoms with E-state index in [9.17, 15) is 14.9 Å². The number of hydrogen-bond donors (Lipinski definition) is 1. The predicted molar refractivity (Wildman–Crippen MR) is 79.3 cm³/mol. The maximum absolute atomic E-state index is 12.1. The number of halogens is 1. The van der Waals surface area contributed by atoms with Crippen LogP contribution in [-0.4, -0.2) is 23.3 Å². The van der Waals surface area contributed by atoms with E-state index in [4.69, 9.17) is 11.6 Å². The number of carbonyl (C=O) groups is 1. The summed E-state index contributed by atoms with van der Waals surface area (Å²) in [6.07, 6.45) is 1.72. The molecule has 0 saturated heterocycles. The Balaban J connectivity index is 2.66. The van der Waals surface area contributed by atoms with Gasteiger partial charge in [0, 0.05) is 18.5 Å². The van der Waals surface area contributed by atoms with Gasteiger partial charge in [-0.15, -0.1) is 11.6 Å². The van der Waals surface area contributed by atoms with Gasteiger partial charge in [-0.1, -0.05) is 19.1 Å². The number of hydrogen-bond acceptors (Lipinski definition) is 3. The second kappa shape index (κ2) is 7.85. The van der Waals surface area contributed by atoms with Crippen molar-refractivity contribution < 1.29 is 9.72 Å². The van der Waals surface area contributed by atoms with Crippen LogP contribution in [0.5, 0.6) is 0 Å². The fourth-order valence-corrected chi connectivity index (χ4v) is 2.07. The quantitative estimate of drug-likeness (QED) is 0.363. The highest BCUT2D eigenvalue weighted by Gasteiger charge is 2.21. The average molecular weight is 299 g/mol. The van der Waals surface area contributed by atoms with E-state index >= 15 is 0 Å². The molecule has 0 aromatic heterocycles. The summed E-state index contributed by atoms with van der Waals surface area (Å²) in [5.41, 5.74) is 0.588. The second-order valence-electron chi connectivity index (χ2n) is 4.88. The molecule has 6 heteroatoms. The molecular weight excluding hydrogens is 280 g/mol. The van der Waals surface area contributed by atoms with Gasteiger partial charge in [-0.05, 0) is 31.2 Å². The summed E-state index contributed by atoms with van der Waals surface area (Å²) < 4.78 is 0. The molecule has 0 fully saturated rings. The highest BCUT2D eigenvalue weighted by molar-refractivity contribution is 6.18. The predicted octanol–water partition coefficient (Wildman–Crippen LogP) is 3.29. The van der Waals surface area contributed by atoms with Crippen LogP contribution in [0.2, 0.25) is 0 Å². The molecule has 1 rings (SSSR count). The Morgan fingerprint density at radius 2 is 2.20 bits per heavy atom. The topological polar surface area (TPSA) is 72.2 Å². The number of carbonyl (C=O) groups excluding carboxylic acids is 1. The van der Waals surface area contributed by atoms with E-state index in [1.165, 1.54) is 6.07 Å². The van der Waals surface area contributed by atoms with Gasteiger partial charge in [0.05, 0.1) is 4.92 Å². The van der Waals surface area contributed by atoms with Gasteiger partial charge < -0.3 is 5.32 Å². The molecule has 1 atom stereocenters. The average Bonchev–Trinajstić information content (AvgIpc) is 2.42. The third kappa shape index (κ3) is 4.49. The number of nitro groups is 1. The lowest BCUT2D eigenvalue weighted by Gasteiger charge is -2.10. The van der Waals surface area contributed by atoms with Crippen LogP contribution in [0.3, 0.4) is 0 Å². The molecule has 1 aromatic carbocycles. The Labute approximate surface area is 123 Å². The van der Waals surface area contributed by atoms with Gasteiger partial charge in [0.1, 0.15) is 5.56 Å². The molecule has 0 aliphatic heterocycles. The highest BCUT2D eigenvalue weighted by Crippen LogP contribution is 2.21. The van der Waals surface area contributed by atoms with E-state index in [1.807, 2.05) is 6.92 Å². The van der Waals surface area contributed by atoms with Crippen LogP contribution in [-0.2, 0) is 0 Å². The van der Waals surface area contributed by atoms with Gasteiger partial charge >= 0.3 is 0 Å². The fourth-order valence-electron chi connectivity index (χ4n) is 1.92. The number of rotatable bonds is 7. The van der Waals surface area contributed by atoms with Crippen LogP contribution < -0.4 is 5.32 Å². The van der Waals surface area contributed by atoms with Crippen molar-refractivity contribution in [1.82, 2.24) is 5.32 Å². The van der Waals surface area contributed by atoms with Crippen molar-refractivity contribution in [3.05, 3.63) is 39.4 Å². The van der Waals surface area contributed by atoms with Crippen molar-refractivity contribution in [2.75, 3.05) is 12.4 Å². The second-order valence-corrected chi connectivity index (χ2v) is 5.19. The molecule has 1 amide bonds.